The van der Waals surface area contributed by atoms with Crippen LogP contribution >= 0.6 is 0 Å². The number of ether oxygens (including phenoxy) is 1. The minimum atomic E-state index is -0.474. The number of amides is 1. The molecule has 0 heterocycles. The molecule has 0 saturated heterocycles. The molecule has 0 aromatic carbocycles. The summed E-state index contributed by atoms with van der Waals surface area (Å²) in [5.74, 6) is 0. The highest BCUT2D eigenvalue weighted by Gasteiger charge is 2.17. The molecule has 1 unspecified atom stereocenters. The van der Waals surface area contributed by atoms with Gasteiger partial charge < -0.3 is 15.8 Å². The van der Waals surface area contributed by atoms with Gasteiger partial charge in [0.2, 0.25) is 0 Å². The van der Waals surface area contributed by atoms with Crippen LogP contribution in [0.1, 0.15) is 130 Å². The van der Waals surface area contributed by atoms with Crippen LogP contribution < -0.4 is 11.1 Å². The average molecular weight is 385 g/mol. The van der Waals surface area contributed by atoms with Crippen LogP contribution in [0.5, 0.6) is 0 Å². The van der Waals surface area contributed by atoms with Crippen LogP contribution in [-0.2, 0) is 4.74 Å². The van der Waals surface area contributed by atoms with Crippen molar-refractivity contribution in [2.75, 3.05) is 0 Å². The molecule has 0 spiro atoms. The summed E-state index contributed by atoms with van der Waals surface area (Å²) in [4.78, 5) is 11.6. The first-order valence-corrected chi connectivity index (χ1v) is 11.6. The van der Waals surface area contributed by atoms with E-state index in [1.807, 2.05) is 20.8 Å². The van der Waals surface area contributed by atoms with Crippen LogP contribution in [0.2, 0.25) is 0 Å². The maximum absolute atomic E-state index is 11.6. The number of rotatable bonds is 17. The number of alkyl carbamates (subject to hydrolysis) is 1. The Kier molecular flexibility index (Phi) is 16.8. The molecule has 0 aliphatic heterocycles. The number of hydrogen-bond acceptors (Lipinski definition) is 3. The summed E-state index contributed by atoms with van der Waals surface area (Å²) in [5.41, 5.74) is 5.46. The van der Waals surface area contributed by atoms with E-state index in [4.69, 9.17) is 10.5 Å². The van der Waals surface area contributed by atoms with E-state index in [0.29, 0.717) is 0 Å². The third-order valence-electron chi connectivity index (χ3n) is 4.82. The Labute approximate surface area is 169 Å². The van der Waals surface area contributed by atoms with Crippen LogP contribution in [0.15, 0.2) is 0 Å². The van der Waals surface area contributed by atoms with Gasteiger partial charge in [-0.3, -0.25) is 0 Å². The zero-order valence-corrected chi connectivity index (χ0v) is 18.8. The second-order valence-electron chi connectivity index (χ2n) is 8.99. The molecule has 4 nitrogen and oxygen atoms in total. The molecule has 0 aliphatic carbocycles. The zero-order valence-electron chi connectivity index (χ0n) is 18.8. The predicted octanol–water partition coefficient (Wildman–Crippen LogP) is 7.06. The second kappa shape index (κ2) is 17.3. The Morgan fingerprint density at radius 3 is 1.52 bits per heavy atom. The molecular weight excluding hydrogens is 336 g/mol. The molecule has 4 heteroatoms. The predicted molar refractivity (Wildman–Crippen MR) is 117 cm³/mol. The Balaban J connectivity index is 3.27. The van der Waals surface area contributed by atoms with E-state index >= 15 is 0 Å². The largest absolute Gasteiger partial charge is 0.444 e. The minimum Gasteiger partial charge on any atom is -0.444 e. The number of nitrogens with two attached hydrogens (primary N) is 1. The molecule has 3 N–H and O–H groups in total. The number of hydrogen-bond donors (Lipinski definition) is 2. The monoisotopic (exact) mass is 384 g/mol. The maximum Gasteiger partial charge on any atom is 0.408 e. The molecule has 1 atom stereocenters. The highest BCUT2D eigenvalue weighted by molar-refractivity contribution is 5.67. The minimum absolute atomic E-state index is 0.304. The summed E-state index contributed by atoms with van der Waals surface area (Å²) < 4.78 is 5.21. The molecule has 0 bridgehead atoms. The lowest BCUT2D eigenvalue weighted by Crippen LogP contribution is -2.44. The molecule has 0 aliphatic rings. The van der Waals surface area contributed by atoms with Gasteiger partial charge in [-0.2, -0.15) is 0 Å². The molecule has 1 amide bonds. The van der Waals surface area contributed by atoms with E-state index in [0.717, 1.165) is 12.8 Å². The van der Waals surface area contributed by atoms with E-state index in [-0.39, 0.29) is 6.17 Å². The molecule has 0 saturated carbocycles. The highest BCUT2D eigenvalue weighted by atomic mass is 16.6. The SMILES string of the molecule is CCCCCCCCCCCCCCCCCC(N)NC(=O)OC(C)(C)C. The standard InChI is InChI=1S/C23H48N2O2/c1-5-6-7-8-9-10-11-12-13-14-15-16-17-18-19-20-21(24)25-22(26)27-23(2,3)4/h21H,5-20,24H2,1-4H3,(H,25,26). The molecule has 162 valence electrons. The van der Waals surface area contributed by atoms with Gasteiger partial charge in [-0.15, -0.1) is 0 Å². The zero-order chi connectivity index (χ0) is 20.4. The third-order valence-corrected chi connectivity index (χ3v) is 4.82. The van der Waals surface area contributed by atoms with Crippen molar-refractivity contribution in [1.82, 2.24) is 5.32 Å². The third kappa shape index (κ3) is 21.4. The van der Waals surface area contributed by atoms with Gasteiger partial charge in [0, 0.05) is 0 Å². The van der Waals surface area contributed by atoms with Crippen LogP contribution in [-0.4, -0.2) is 17.9 Å². The van der Waals surface area contributed by atoms with Gasteiger partial charge >= 0.3 is 6.09 Å². The first kappa shape index (κ1) is 26.2. The molecule has 0 fully saturated rings. The molecular formula is C23H48N2O2. The summed E-state index contributed by atoms with van der Waals surface area (Å²) in [6, 6.07) is 0. The fourth-order valence-electron chi connectivity index (χ4n) is 3.27. The number of unbranched alkanes of at least 4 members (excludes halogenated alkanes) is 14. The molecule has 0 rings (SSSR count). The van der Waals surface area contributed by atoms with Gasteiger partial charge in [-0.05, 0) is 27.2 Å². The van der Waals surface area contributed by atoms with Gasteiger partial charge in [-0.25, -0.2) is 4.79 Å². The fourth-order valence-corrected chi connectivity index (χ4v) is 3.27. The summed E-state index contributed by atoms with van der Waals surface area (Å²) >= 11 is 0. The highest BCUT2D eigenvalue weighted by Crippen LogP contribution is 2.14. The number of carbonyl (C=O) groups is 1. The van der Waals surface area contributed by atoms with E-state index < -0.39 is 11.7 Å². The lowest BCUT2D eigenvalue weighted by molar-refractivity contribution is 0.0503. The summed E-state index contributed by atoms with van der Waals surface area (Å²) in [6.07, 6.45) is 20.4. The lowest BCUT2D eigenvalue weighted by atomic mass is 10.0. The van der Waals surface area contributed by atoms with Gasteiger partial charge in [0.05, 0.1) is 6.17 Å². The van der Waals surface area contributed by atoms with Crippen molar-refractivity contribution >= 4 is 6.09 Å². The van der Waals surface area contributed by atoms with Crippen molar-refractivity contribution < 1.29 is 9.53 Å². The van der Waals surface area contributed by atoms with Crippen molar-refractivity contribution in [3.8, 4) is 0 Å². The number of nitrogens with one attached hydrogen (secondary N) is 1. The van der Waals surface area contributed by atoms with Crippen molar-refractivity contribution in [3.05, 3.63) is 0 Å². The van der Waals surface area contributed by atoms with Gasteiger partial charge in [0.1, 0.15) is 5.60 Å². The van der Waals surface area contributed by atoms with Crippen LogP contribution in [0.25, 0.3) is 0 Å². The molecule has 27 heavy (non-hydrogen) atoms. The quantitative estimate of drug-likeness (QED) is 0.208. The Hall–Kier alpha value is -0.770. The van der Waals surface area contributed by atoms with Crippen molar-refractivity contribution in [2.24, 2.45) is 5.73 Å². The maximum atomic E-state index is 11.6. The van der Waals surface area contributed by atoms with Crippen LogP contribution in [0.3, 0.4) is 0 Å². The van der Waals surface area contributed by atoms with Crippen LogP contribution in [0.4, 0.5) is 4.79 Å². The number of carbonyl (C=O) groups excluding carboxylic acids is 1. The topological polar surface area (TPSA) is 64.3 Å². The molecule has 0 aromatic rings. The van der Waals surface area contributed by atoms with Crippen molar-refractivity contribution in [3.63, 3.8) is 0 Å². The fraction of sp³-hybridized carbons (Fsp3) is 0.957. The van der Waals surface area contributed by atoms with Crippen LogP contribution in [0, 0.1) is 0 Å². The Morgan fingerprint density at radius 2 is 1.15 bits per heavy atom. The lowest BCUT2D eigenvalue weighted by Gasteiger charge is -2.21. The first-order valence-electron chi connectivity index (χ1n) is 11.6. The van der Waals surface area contributed by atoms with E-state index in [1.165, 1.54) is 89.9 Å². The average Bonchev–Trinajstić information content (AvgIpc) is 2.56. The molecule has 0 radical (unpaired) electrons. The van der Waals surface area contributed by atoms with Gasteiger partial charge in [-0.1, -0.05) is 103 Å². The van der Waals surface area contributed by atoms with E-state index in [2.05, 4.69) is 12.2 Å². The normalized spacial score (nSPS) is 12.8. The summed E-state index contributed by atoms with van der Waals surface area (Å²) in [5, 5.41) is 2.70. The molecule has 0 aromatic heterocycles. The van der Waals surface area contributed by atoms with Crippen molar-refractivity contribution in [1.29, 1.82) is 0 Å². The van der Waals surface area contributed by atoms with Gasteiger partial charge in [0.15, 0.2) is 0 Å². The first-order chi connectivity index (χ1) is 12.8. The summed E-state index contributed by atoms with van der Waals surface area (Å²) in [7, 11) is 0. The Morgan fingerprint density at radius 1 is 0.778 bits per heavy atom. The van der Waals surface area contributed by atoms with E-state index in [9.17, 15) is 4.79 Å². The second-order valence-corrected chi connectivity index (χ2v) is 8.99. The summed E-state index contributed by atoms with van der Waals surface area (Å²) in [6.45, 7) is 7.84. The van der Waals surface area contributed by atoms with E-state index in [1.54, 1.807) is 0 Å². The van der Waals surface area contributed by atoms with Gasteiger partial charge in [0.25, 0.3) is 0 Å². The smallest absolute Gasteiger partial charge is 0.408 e. The van der Waals surface area contributed by atoms with Crippen molar-refractivity contribution in [2.45, 2.75) is 142 Å². The Bertz CT molecular complexity index is 340.